The summed E-state index contributed by atoms with van der Waals surface area (Å²) in [6.07, 6.45) is 4.35. The van der Waals surface area contributed by atoms with Crippen LogP contribution in [0.4, 0.5) is 5.69 Å². The maximum absolute atomic E-state index is 12.4. The van der Waals surface area contributed by atoms with E-state index in [0.29, 0.717) is 29.4 Å². The zero-order chi connectivity index (χ0) is 15.0. The standard InChI is InChI=1S/C15H23ClN2O2/c1-2-3-4-5-8-18(9-10-19)15(20)12-6-7-14(17)13(16)11-12/h6-7,11,19H,2-5,8-10,17H2,1H3. The number of unbranched alkanes of at least 4 members (excludes halogenated alkanes) is 3. The molecule has 0 aliphatic rings. The molecule has 0 radical (unpaired) electrons. The van der Waals surface area contributed by atoms with Gasteiger partial charge in [0.2, 0.25) is 0 Å². The molecular formula is C15H23ClN2O2. The Bertz CT molecular complexity index is 438. The van der Waals surface area contributed by atoms with E-state index < -0.39 is 0 Å². The van der Waals surface area contributed by atoms with Crippen LogP contribution in [0.3, 0.4) is 0 Å². The number of carbonyl (C=O) groups excluding carboxylic acids is 1. The van der Waals surface area contributed by atoms with E-state index in [2.05, 4.69) is 6.92 Å². The van der Waals surface area contributed by atoms with E-state index in [9.17, 15) is 4.79 Å². The third-order valence-electron chi connectivity index (χ3n) is 3.19. The van der Waals surface area contributed by atoms with Crippen molar-refractivity contribution in [1.82, 2.24) is 4.90 Å². The summed E-state index contributed by atoms with van der Waals surface area (Å²) in [6, 6.07) is 4.87. The number of amides is 1. The molecule has 5 heteroatoms. The lowest BCUT2D eigenvalue weighted by Crippen LogP contribution is -2.34. The van der Waals surface area contributed by atoms with Crippen LogP contribution in [0, 0.1) is 0 Å². The van der Waals surface area contributed by atoms with E-state index in [0.717, 1.165) is 25.7 Å². The molecule has 4 nitrogen and oxygen atoms in total. The summed E-state index contributed by atoms with van der Waals surface area (Å²) in [7, 11) is 0. The Morgan fingerprint density at radius 2 is 2.05 bits per heavy atom. The average Bonchev–Trinajstić information content (AvgIpc) is 2.44. The second kappa shape index (κ2) is 8.82. The quantitative estimate of drug-likeness (QED) is 0.573. The Labute approximate surface area is 125 Å². The Hall–Kier alpha value is -1.26. The summed E-state index contributed by atoms with van der Waals surface area (Å²) < 4.78 is 0. The summed E-state index contributed by atoms with van der Waals surface area (Å²) in [5.41, 5.74) is 6.61. The monoisotopic (exact) mass is 298 g/mol. The Morgan fingerprint density at radius 1 is 1.30 bits per heavy atom. The maximum atomic E-state index is 12.4. The predicted octanol–water partition coefficient (Wildman–Crippen LogP) is 2.94. The molecule has 0 unspecified atom stereocenters. The van der Waals surface area contributed by atoms with Crippen LogP contribution in [0.2, 0.25) is 5.02 Å². The number of carbonyl (C=O) groups is 1. The number of aliphatic hydroxyl groups excluding tert-OH is 1. The number of hydrogen-bond donors (Lipinski definition) is 2. The largest absolute Gasteiger partial charge is 0.398 e. The predicted molar refractivity (Wildman–Crippen MR) is 83.0 cm³/mol. The van der Waals surface area contributed by atoms with Crippen molar-refractivity contribution in [1.29, 1.82) is 0 Å². The fourth-order valence-corrected chi connectivity index (χ4v) is 2.19. The molecule has 1 amide bonds. The van der Waals surface area contributed by atoms with Crippen molar-refractivity contribution >= 4 is 23.2 Å². The van der Waals surface area contributed by atoms with Crippen molar-refractivity contribution in [2.75, 3.05) is 25.4 Å². The third-order valence-corrected chi connectivity index (χ3v) is 3.51. The highest BCUT2D eigenvalue weighted by Gasteiger charge is 2.15. The first-order valence-electron chi connectivity index (χ1n) is 7.05. The first-order valence-corrected chi connectivity index (χ1v) is 7.43. The number of nitrogens with zero attached hydrogens (tertiary/aromatic N) is 1. The summed E-state index contributed by atoms with van der Waals surface area (Å²) in [4.78, 5) is 14.0. The third kappa shape index (κ3) is 5.02. The molecule has 1 rings (SSSR count). The summed E-state index contributed by atoms with van der Waals surface area (Å²) >= 11 is 5.94. The highest BCUT2D eigenvalue weighted by Crippen LogP contribution is 2.20. The van der Waals surface area contributed by atoms with Crippen molar-refractivity contribution in [2.45, 2.75) is 32.6 Å². The average molecular weight is 299 g/mol. The normalized spacial score (nSPS) is 10.6. The Balaban J connectivity index is 2.69. The van der Waals surface area contributed by atoms with Gasteiger partial charge in [-0.25, -0.2) is 0 Å². The fraction of sp³-hybridized carbons (Fsp3) is 0.533. The molecule has 1 aromatic rings. The SMILES string of the molecule is CCCCCCN(CCO)C(=O)c1ccc(N)c(Cl)c1. The van der Waals surface area contributed by atoms with Crippen LogP contribution in [-0.2, 0) is 0 Å². The topological polar surface area (TPSA) is 66.6 Å². The zero-order valence-electron chi connectivity index (χ0n) is 11.9. The number of rotatable bonds is 8. The molecule has 3 N–H and O–H groups in total. The minimum Gasteiger partial charge on any atom is -0.398 e. The van der Waals surface area contributed by atoms with Crippen LogP contribution in [0.15, 0.2) is 18.2 Å². The van der Waals surface area contributed by atoms with Crippen LogP contribution in [0.1, 0.15) is 43.0 Å². The highest BCUT2D eigenvalue weighted by molar-refractivity contribution is 6.33. The van der Waals surface area contributed by atoms with Crippen LogP contribution in [0.25, 0.3) is 0 Å². The van der Waals surface area contributed by atoms with Crippen molar-refractivity contribution < 1.29 is 9.90 Å². The first-order chi connectivity index (χ1) is 9.60. The molecule has 0 fully saturated rings. The van der Waals surface area contributed by atoms with Gasteiger partial charge in [0.1, 0.15) is 0 Å². The number of nitrogen functional groups attached to an aromatic ring is 1. The van der Waals surface area contributed by atoms with Gasteiger partial charge in [0.15, 0.2) is 0 Å². The van der Waals surface area contributed by atoms with Crippen molar-refractivity contribution in [2.24, 2.45) is 0 Å². The molecule has 0 aromatic heterocycles. The molecule has 0 saturated heterocycles. The van der Waals surface area contributed by atoms with E-state index in [1.54, 1.807) is 23.1 Å². The molecule has 0 aliphatic carbocycles. The molecule has 20 heavy (non-hydrogen) atoms. The van der Waals surface area contributed by atoms with E-state index in [1.165, 1.54) is 0 Å². The van der Waals surface area contributed by atoms with Crippen LogP contribution in [-0.4, -0.2) is 35.6 Å². The molecule has 112 valence electrons. The first kappa shape index (κ1) is 16.8. The lowest BCUT2D eigenvalue weighted by Gasteiger charge is -2.22. The lowest BCUT2D eigenvalue weighted by molar-refractivity contribution is 0.0718. The second-order valence-electron chi connectivity index (χ2n) is 4.81. The number of aliphatic hydroxyl groups is 1. The number of halogens is 1. The number of benzene rings is 1. The minimum absolute atomic E-state index is 0.0395. The van der Waals surface area contributed by atoms with E-state index >= 15 is 0 Å². The van der Waals surface area contributed by atoms with Gasteiger partial charge in [0, 0.05) is 18.7 Å². The summed E-state index contributed by atoms with van der Waals surface area (Å²) in [6.45, 7) is 3.10. The molecule has 0 atom stereocenters. The van der Waals surface area contributed by atoms with Crippen LogP contribution >= 0.6 is 11.6 Å². The van der Waals surface area contributed by atoms with Crippen molar-refractivity contribution in [3.8, 4) is 0 Å². The van der Waals surface area contributed by atoms with Crippen molar-refractivity contribution in [3.05, 3.63) is 28.8 Å². The van der Waals surface area contributed by atoms with Gasteiger partial charge < -0.3 is 15.7 Å². The van der Waals surface area contributed by atoms with Crippen molar-refractivity contribution in [3.63, 3.8) is 0 Å². The van der Waals surface area contributed by atoms with Crippen LogP contribution in [0.5, 0.6) is 0 Å². The summed E-state index contributed by atoms with van der Waals surface area (Å²) in [5.74, 6) is -0.113. The van der Waals surface area contributed by atoms with Gasteiger partial charge in [-0.3, -0.25) is 4.79 Å². The Kier molecular flexibility index (Phi) is 7.41. The van der Waals surface area contributed by atoms with Gasteiger partial charge in [0.25, 0.3) is 5.91 Å². The minimum atomic E-state index is -0.113. The number of anilines is 1. The molecule has 0 aliphatic heterocycles. The van der Waals surface area contributed by atoms with Gasteiger partial charge in [-0.1, -0.05) is 37.8 Å². The maximum Gasteiger partial charge on any atom is 0.253 e. The molecule has 1 aromatic carbocycles. The molecule has 0 spiro atoms. The number of nitrogens with two attached hydrogens (primary N) is 1. The molecular weight excluding hydrogens is 276 g/mol. The van der Waals surface area contributed by atoms with E-state index in [4.69, 9.17) is 22.4 Å². The van der Waals surface area contributed by atoms with Gasteiger partial charge in [-0.15, -0.1) is 0 Å². The van der Waals surface area contributed by atoms with E-state index in [-0.39, 0.29) is 12.5 Å². The van der Waals surface area contributed by atoms with Gasteiger partial charge in [-0.2, -0.15) is 0 Å². The van der Waals surface area contributed by atoms with Gasteiger partial charge in [-0.05, 0) is 24.6 Å². The highest BCUT2D eigenvalue weighted by atomic mass is 35.5. The zero-order valence-corrected chi connectivity index (χ0v) is 12.7. The van der Waals surface area contributed by atoms with Gasteiger partial charge >= 0.3 is 0 Å². The number of hydrogen-bond acceptors (Lipinski definition) is 3. The Morgan fingerprint density at radius 3 is 2.65 bits per heavy atom. The lowest BCUT2D eigenvalue weighted by atomic mass is 10.1. The molecule has 0 heterocycles. The molecule has 0 bridgehead atoms. The smallest absolute Gasteiger partial charge is 0.253 e. The van der Waals surface area contributed by atoms with E-state index in [1.807, 2.05) is 0 Å². The second-order valence-corrected chi connectivity index (χ2v) is 5.22. The van der Waals surface area contributed by atoms with Gasteiger partial charge in [0.05, 0.1) is 17.3 Å². The summed E-state index contributed by atoms with van der Waals surface area (Å²) in [5, 5.41) is 9.47. The fourth-order valence-electron chi connectivity index (χ4n) is 2.01. The van der Waals surface area contributed by atoms with Crippen LogP contribution < -0.4 is 5.73 Å². The molecule has 0 saturated carbocycles.